The Balaban J connectivity index is 1.45. The number of primary amides is 1. The first-order valence-corrected chi connectivity index (χ1v) is 12.7. The number of aliphatic imine (C=N–C) groups is 1. The summed E-state index contributed by atoms with van der Waals surface area (Å²) in [6, 6.07) is 9.49. The molecule has 1 saturated carbocycles. The molecule has 0 unspecified atom stereocenters. The van der Waals surface area contributed by atoms with Crippen LogP contribution in [-0.2, 0) is 10.2 Å². The van der Waals surface area contributed by atoms with Crippen molar-refractivity contribution in [2.24, 2.45) is 16.5 Å². The van der Waals surface area contributed by atoms with Gasteiger partial charge in [-0.3, -0.25) is 15.1 Å². The maximum atomic E-state index is 12.6. The summed E-state index contributed by atoms with van der Waals surface area (Å²) in [6.45, 7) is 6.63. The number of carbonyl (C=O) groups is 2. The molecule has 9 heteroatoms. The van der Waals surface area contributed by atoms with Crippen LogP contribution in [0.4, 0.5) is 9.93 Å². The van der Waals surface area contributed by atoms with Gasteiger partial charge >= 0.3 is 6.03 Å². The van der Waals surface area contributed by atoms with Gasteiger partial charge in [-0.2, -0.15) is 0 Å². The Bertz CT molecular complexity index is 1160. The van der Waals surface area contributed by atoms with Gasteiger partial charge in [-0.15, -0.1) is 0 Å². The van der Waals surface area contributed by atoms with E-state index in [0.29, 0.717) is 29.5 Å². The van der Waals surface area contributed by atoms with Crippen LogP contribution in [0.1, 0.15) is 54.7 Å². The van der Waals surface area contributed by atoms with Gasteiger partial charge in [0, 0.05) is 23.9 Å². The second kappa shape index (κ2) is 10.4. The summed E-state index contributed by atoms with van der Waals surface area (Å²) in [6.07, 6.45) is 9.16. The van der Waals surface area contributed by atoms with E-state index in [9.17, 15) is 9.59 Å². The zero-order valence-electron chi connectivity index (χ0n) is 20.0. The molecular formula is C26H32N6O2S. The number of aromatic nitrogens is 1. The van der Waals surface area contributed by atoms with Crippen LogP contribution >= 0.6 is 11.3 Å². The number of allylic oxidation sites excluding steroid dienone is 2. The Hall–Kier alpha value is -3.46. The molecule has 1 aromatic carbocycles. The molecule has 8 nitrogen and oxygen atoms in total. The van der Waals surface area contributed by atoms with Gasteiger partial charge in [-0.25, -0.2) is 9.78 Å². The first-order chi connectivity index (χ1) is 16.8. The lowest BCUT2D eigenvalue weighted by molar-refractivity contribution is -0.121. The van der Waals surface area contributed by atoms with Crippen LogP contribution in [0.5, 0.6) is 0 Å². The third kappa shape index (κ3) is 5.14. The lowest BCUT2D eigenvalue weighted by Crippen LogP contribution is -2.45. The fourth-order valence-electron chi connectivity index (χ4n) is 5.07. The molecule has 2 aliphatic rings. The molecule has 2 heterocycles. The largest absolute Gasteiger partial charge is 0.397 e. The predicted molar refractivity (Wildman–Crippen MR) is 141 cm³/mol. The maximum Gasteiger partial charge on any atom is 0.324 e. The van der Waals surface area contributed by atoms with Crippen molar-refractivity contribution in [3.63, 3.8) is 0 Å². The van der Waals surface area contributed by atoms with E-state index in [2.05, 4.69) is 46.1 Å². The van der Waals surface area contributed by atoms with Crippen LogP contribution in [0.15, 0.2) is 53.7 Å². The molecule has 184 valence electrons. The predicted octanol–water partition coefficient (Wildman–Crippen LogP) is 4.33. The Labute approximate surface area is 209 Å². The first kappa shape index (κ1) is 24.7. The van der Waals surface area contributed by atoms with E-state index >= 15 is 0 Å². The van der Waals surface area contributed by atoms with Crippen molar-refractivity contribution in [3.8, 4) is 0 Å². The third-order valence-electron chi connectivity index (χ3n) is 6.94. The van der Waals surface area contributed by atoms with Crippen molar-refractivity contribution in [2.75, 3.05) is 11.9 Å². The molecule has 35 heavy (non-hydrogen) atoms. The molecule has 1 atom stereocenters. The molecular weight excluding hydrogens is 460 g/mol. The maximum absolute atomic E-state index is 12.6. The topological polar surface area (TPSA) is 127 Å². The van der Waals surface area contributed by atoms with Gasteiger partial charge in [0.25, 0.3) is 0 Å². The van der Waals surface area contributed by atoms with E-state index in [1.165, 1.54) is 21.8 Å². The molecule has 2 aromatic rings. The fraction of sp³-hybridized carbons (Fsp3) is 0.385. The highest BCUT2D eigenvalue weighted by molar-refractivity contribution is 7.16. The van der Waals surface area contributed by atoms with E-state index in [0.717, 1.165) is 42.7 Å². The van der Waals surface area contributed by atoms with Crippen molar-refractivity contribution < 1.29 is 9.59 Å². The van der Waals surface area contributed by atoms with Crippen LogP contribution in [0.3, 0.4) is 0 Å². The molecule has 1 aliphatic heterocycles. The number of nitrogens with two attached hydrogens (primary N) is 2. The highest BCUT2D eigenvalue weighted by Crippen LogP contribution is 2.46. The van der Waals surface area contributed by atoms with Crippen LogP contribution in [-0.4, -0.2) is 40.6 Å². The Kier molecular flexibility index (Phi) is 7.35. The van der Waals surface area contributed by atoms with Gasteiger partial charge in [-0.1, -0.05) is 61.1 Å². The smallest absolute Gasteiger partial charge is 0.324 e. The molecule has 0 bridgehead atoms. The molecule has 1 saturated heterocycles. The number of amides is 3. The SMILES string of the molecule is C=C(N=C/C=C(\N)c1sc(NC(=O)N2CCC[C@H]2C(N)=O)nc1C)C1(c2ccccc2)CCCC1. The Morgan fingerprint density at radius 3 is 2.63 bits per heavy atom. The lowest BCUT2D eigenvalue weighted by atomic mass is 9.76. The summed E-state index contributed by atoms with van der Waals surface area (Å²) in [5, 5.41) is 3.20. The normalized spacial score (nSPS) is 19.9. The number of aryl methyl sites for hydroxylation is 1. The number of urea groups is 1. The number of hydrogen-bond donors (Lipinski definition) is 3. The van der Waals surface area contributed by atoms with Crippen molar-refractivity contribution >= 4 is 40.3 Å². The summed E-state index contributed by atoms with van der Waals surface area (Å²) in [7, 11) is 0. The molecule has 2 fully saturated rings. The highest BCUT2D eigenvalue weighted by Gasteiger charge is 2.38. The summed E-state index contributed by atoms with van der Waals surface area (Å²) in [5.74, 6) is -0.492. The van der Waals surface area contributed by atoms with Crippen molar-refractivity contribution in [1.29, 1.82) is 0 Å². The standard InChI is InChI=1S/C26H32N6O2S/c1-17-22(35-24(30-17)31-25(34)32-16-8-11-21(32)23(28)33)20(27)12-15-29-18(2)26(13-6-7-14-26)19-9-4-3-5-10-19/h3-5,9-10,12,15,21H,2,6-8,11,13-14,16,27H2,1H3,(H2,28,33)(H,30,31,34)/b20-12-,29-15?/t21-/m0/s1. The summed E-state index contributed by atoms with van der Waals surface area (Å²) in [5.41, 5.74) is 14.9. The van der Waals surface area contributed by atoms with E-state index in [-0.39, 0.29) is 11.4 Å². The molecule has 5 N–H and O–H groups in total. The molecule has 3 amide bonds. The van der Waals surface area contributed by atoms with Gasteiger partial charge in [0.05, 0.1) is 16.3 Å². The first-order valence-electron chi connectivity index (χ1n) is 11.9. The van der Waals surface area contributed by atoms with E-state index < -0.39 is 11.9 Å². The van der Waals surface area contributed by atoms with Crippen molar-refractivity contribution in [3.05, 3.63) is 64.8 Å². The number of benzene rings is 1. The lowest BCUT2D eigenvalue weighted by Gasteiger charge is -2.29. The molecule has 0 spiro atoms. The van der Waals surface area contributed by atoms with Crippen molar-refractivity contribution in [1.82, 2.24) is 9.88 Å². The zero-order chi connectivity index (χ0) is 25.0. The number of nitrogens with one attached hydrogen (secondary N) is 1. The van der Waals surface area contributed by atoms with Gasteiger partial charge in [0.15, 0.2) is 5.13 Å². The minimum absolute atomic E-state index is 0.128. The number of nitrogens with zero attached hydrogens (tertiary/aromatic N) is 3. The fourth-order valence-corrected chi connectivity index (χ4v) is 5.97. The highest BCUT2D eigenvalue weighted by atomic mass is 32.1. The quantitative estimate of drug-likeness (QED) is 0.497. The van der Waals surface area contributed by atoms with E-state index in [1.54, 1.807) is 12.3 Å². The average Bonchev–Trinajstić information content (AvgIpc) is 3.59. The minimum atomic E-state index is -0.580. The van der Waals surface area contributed by atoms with Crippen LogP contribution in [0, 0.1) is 6.92 Å². The Morgan fingerprint density at radius 2 is 1.94 bits per heavy atom. The van der Waals surface area contributed by atoms with Crippen LogP contribution in [0.2, 0.25) is 0 Å². The number of carbonyl (C=O) groups excluding carboxylic acids is 2. The van der Waals surface area contributed by atoms with Gasteiger partial charge in [0.2, 0.25) is 5.91 Å². The van der Waals surface area contributed by atoms with E-state index in [1.807, 2.05) is 13.0 Å². The number of hydrogen-bond acceptors (Lipinski definition) is 6. The third-order valence-corrected chi connectivity index (χ3v) is 8.06. The monoisotopic (exact) mass is 492 g/mol. The van der Waals surface area contributed by atoms with Crippen molar-refractivity contribution in [2.45, 2.75) is 56.9 Å². The van der Waals surface area contributed by atoms with Gasteiger partial charge in [0.1, 0.15) is 6.04 Å². The average molecular weight is 493 g/mol. The number of rotatable bonds is 7. The number of thiazole rings is 1. The zero-order valence-corrected chi connectivity index (χ0v) is 20.8. The molecule has 4 rings (SSSR count). The van der Waals surface area contributed by atoms with Crippen LogP contribution in [0.25, 0.3) is 5.70 Å². The minimum Gasteiger partial charge on any atom is -0.397 e. The van der Waals surface area contributed by atoms with Gasteiger partial charge < -0.3 is 16.4 Å². The summed E-state index contributed by atoms with van der Waals surface area (Å²) < 4.78 is 0. The second-order valence-corrected chi connectivity index (χ2v) is 10.1. The van der Waals surface area contributed by atoms with Crippen LogP contribution < -0.4 is 16.8 Å². The Morgan fingerprint density at radius 1 is 1.23 bits per heavy atom. The molecule has 1 aliphatic carbocycles. The number of anilines is 1. The molecule has 0 radical (unpaired) electrons. The van der Waals surface area contributed by atoms with Gasteiger partial charge in [-0.05, 0) is 44.2 Å². The van der Waals surface area contributed by atoms with E-state index in [4.69, 9.17) is 11.5 Å². The summed E-state index contributed by atoms with van der Waals surface area (Å²) in [4.78, 5) is 35.5. The summed E-state index contributed by atoms with van der Waals surface area (Å²) >= 11 is 1.28. The number of likely N-dealkylation sites (tertiary alicyclic amines) is 1. The molecule has 1 aromatic heterocycles. The second-order valence-electron chi connectivity index (χ2n) is 9.12.